The van der Waals surface area contributed by atoms with Crippen LogP contribution in [0.4, 0.5) is 0 Å². The highest BCUT2D eigenvalue weighted by atomic mass is 16.7. The van der Waals surface area contributed by atoms with Crippen molar-refractivity contribution in [1.29, 1.82) is 0 Å². The predicted octanol–water partition coefficient (Wildman–Crippen LogP) is 6.03. The molecule has 4 bridgehead atoms. The summed E-state index contributed by atoms with van der Waals surface area (Å²) in [5.41, 5.74) is 1.36. The Labute approximate surface area is 373 Å². The number of hydrogen-bond donors (Lipinski definition) is 2. The molecule has 2 N–H and O–H groups in total. The number of hydrogen-bond acceptors (Lipinski definition) is 14. The van der Waals surface area contributed by atoms with Crippen LogP contribution < -0.4 is 0 Å². The lowest BCUT2D eigenvalue weighted by molar-refractivity contribution is -0.258. The molecule has 17 atom stereocenters. The number of esters is 2. The first-order valence-electron chi connectivity index (χ1n) is 23.1. The average molecular weight is 885 g/mol. The quantitative estimate of drug-likeness (QED) is 0.122. The van der Waals surface area contributed by atoms with Gasteiger partial charge < -0.3 is 57.6 Å². The maximum atomic E-state index is 13.3. The van der Waals surface area contributed by atoms with Crippen molar-refractivity contribution in [2.75, 3.05) is 27.9 Å². The number of benzene rings is 1. The van der Waals surface area contributed by atoms with Gasteiger partial charge in [-0.3, -0.25) is 4.79 Å². The molecule has 6 aliphatic heterocycles. The number of carbonyl (C=O) groups excluding carboxylic acids is 2. The summed E-state index contributed by atoms with van der Waals surface area (Å²) in [6.07, 6.45) is 3.59. The smallest absolute Gasteiger partial charge is 0.338 e. The van der Waals surface area contributed by atoms with Crippen LogP contribution in [0.5, 0.6) is 0 Å². The first-order valence-corrected chi connectivity index (χ1v) is 23.1. The minimum Gasteiger partial charge on any atom is -0.469 e. The van der Waals surface area contributed by atoms with E-state index in [0.717, 1.165) is 31.3 Å². The summed E-state index contributed by atoms with van der Waals surface area (Å²) in [6, 6.07) is 8.97. The van der Waals surface area contributed by atoms with Gasteiger partial charge in [-0.05, 0) is 67.6 Å². The van der Waals surface area contributed by atoms with Crippen molar-refractivity contribution >= 4 is 11.9 Å². The zero-order chi connectivity index (χ0) is 45.1. The first kappa shape index (κ1) is 48.2. The molecule has 9 unspecified atom stereocenters. The highest BCUT2D eigenvalue weighted by Gasteiger charge is 2.60. The summed E-state index contributed by atoms with van der Waals surface area (Å²) in [7, 11) is 4.66. The molecule has 1 aromatic carbocycles. The lowest BCUT2D eigenvalue weighted by Crippen LogP contribution is -2.55. The van der Waals surface area contributed by atoms with Crippen molar-refractivity contribution in [3.63, 3.8) is 0 Å². The number of ether oxygens (including phenoxy) is 10. The Morgan fingerprint density at radius 1 is 0.921 bits per heavy atom. The Morgan fingerprint density at radius 2 is 1.70 bits per heavy atom. The minimum atomic E-state index is -0.966. The summed E-state index contributed by atoms with van der Waals surface area (Å²) in [6.45, 7) is 14.7. The summed E-state index contributed by atoms with van der Waals surface area (Å²) < 4.78 is 63.6. The Balaban J connectivity index is 0.970. The molecule has 0 aromatic heterocycles. The van der Waals surface area contributed by atoms with Gasteiger partial charge >= 0.3 is 11.9 Å². The van der Waals surface area contributed by atoms with E-state index in [1.54, 1.807) is 32.4 Å². The van der Waals surface area contributed by atoms with Crippen molar-refractivity contribution in [3.05, 3.63) is 60.7 Å². The van der Waals surface area contributed by atoms with Gasteiger partial charge in [-0.25, -0.2) is 4.79 Å². The minimum absolute atomic E-state index is 0.0114. The molecule has 6 saturated heterocycles. The highest BCUT2D eigenvalue weighted by Crippen LogP contribution is 2.50. The summed E-state index contributed by atoms with van der Waals surface area (Å²) in [5.74, 6) is -1.70. The van der Waals surface area contributed by atoms with Crippen molar-refractivity contribution < 1.29 is 67.2 Å². The van der Waals surface area contributed by atoms with Crippen LogP contribution >= 0.6 is 0 Å². The standard InChI is InChI=1S/C49H72O14/c1-9-13-36-45(61-47(53)30-14-11-10-12-15-30)40-24-39(59-36)46-41(54-6)26-49(62-40,63-46)19-18-33-20-28(2)35(57-33)17-16-32-21-29(3)48(4,5)42(58-32)25-37-34(23-43(52)55-7)44(56-8)38(60-37)22-31(51)27-50/h9-12,14-15,29,31-42,44-46,50-51H,1-2,13,16-27H2,3-8H3/t29?,31?,32?,33?,34?,35-,36-,37-,38+,39+,40?,41+,42?,44+,45?,46?,49+/m0/s1. The summed E-state index contributed by atoms with van der Waals surface area (Å²) >= 11 is 0. The third-order valence-electron chi connectivity index (χ3n) is 15.1. The molecular formula is C49H72O14. The zero-order valence-corrected chi connectivity index (χ0v) is 38.1. The second kappa shape index (κ2) is 20.8. The predicted molar refractivity (Wildman–Crippen MR) is 231 cm³/mol. The topological polar surface area (TPSA) is 167 Å². The Hall–Kier alpha value is -2.76. The third kappa shape index (κ3) is 10.8. The normalized spacial score (nSPS) is 40.0. The molecule has 0 spiro atoms. The van der Waals surface area contributed by atoms with E-state index in [1.807, 2.05) is 18.2 Å². The lowest BCUT2D eigenvalue weighted by atomic mass is 9.68. The van der Waals surface area contributed by atoms with Crippen molar-refractivity contribution in [2.45, 2.75) is 189 Å². The zero-order valence-electron chi connectivity index (χ0n) is 38.1. The molecular weight excluding hydrogens is 813 g/mol. The first-order chi connectivity index (χ1) is 30.2. The van der Waals surface area contributed by atoms with E-state index in [-0.39, 0.29) is 85.6 Å². The summed E-state index contributed by atoms with van der Waals surface area (Å²) in [4.78, 5) is 25.9. The van der Waals surface area contributed by atoms with Gasteiger partial charge in [-0.2, -0.15) is 0 Å². The van der Waals surface area contributed by atoms with E-state index < -0.39 is 48.4 Å². The fourth-order valence-electron chi connectivity index (χ4n) is 11.2. The number of aliphatic hydroxyl groups excluding tert-OH is 2. The average Bonchev–Trinajstić information content (AvgIpc) is 3.90. The summed E-state index contributed by atoms with van der Waals surface area (Å²) in [5, 5.41) is 19.9. The van der Waals surface area contributed by atoms with Gasteiger partial charge in [0.25, 0.3) is 0 Å². The maximum absolute atomic E-state index is 13.3. The fourth-order valence-corrected chi connectivity index (χ4v) is 11.2. The number of rotatable bonds is 19. The monoisotopic (exact) mass is 884 g/mol. The molecule has 63 heavy (non-hydrogen) atoms. The lowest BCUT2D eigenvalue weighted by Gasteiger charge is -2.48. The molecule has 6 fully saturated rings. The SMILES string of the molecule is C=CC[C@@H]1O[C@@H]2CC(O[C@@]3(CCC4CC(=C)[C@H](CCC5CC(C)C(C)(C)C(C[C@@H]6O[C@H](CC(O)CO)[C@H](OC)C6CC(=O)OC)O5)O4)C[C@@H](OC)C2O3)C1OC(=O)c1ccccc1. The number of carbonyl (C=O) groups is 2. The van der Waals surface area contributed by atoms with E-state index in [2.05, 4.69) is 33.9 Å². The van der Waals surface area contributed by atoms with E-state index in [0.29, 0.717) is 50.0 Å². The number of fused-ring (bicyclic) bond motifs is 5. The third-order valence-corrected chi connectivity index (χ3v) is 15.1. The molecule has 0 saturated carbocycles. The second-order valence-electron chi connectivity index (χ2n) is 19.4. The van der Waals surface area contributed by atoms with E-state index in [4.69, 9.17) is 47.4 Å². The van der Waals surface area contributed by atoms with Crippen LogP contribution in [0.15, 0.2) is 55.1 Å². The van der Waals surface area contributed by atoms with E-state index in [1.165, 1.54) is 7.11 Å². The van der Waals surface area contributed by atoms with Gasteiger partial charge in [-0.1, -0.05) is 51.6 Å². The van der Waals surface area contributed by atoms with Crippen LogP contribution in [0.3, 0.4) is 0 Å². The van der Waals surface area contributed by atoms with E-state index in [9.17, 15) is 19.8 Å². The van der Waals surface area contributed by atoms with Crippen molar-refractivity contribution in [3.8, 4) is 0 Å². The van der Waals surface area contributed by atoms with Crippen LogP contribution in [0, 0.1) is 17.3 Å². The van der Waals surface area contributed by atoms with Gasteiger partial charge in [0.15, 0.2) is 11.9 Å². The molecule has 0 radical (unpaired) electrons. The van der Waals surface area contributed by atoms with Crippen molar-refractivity contribution in [2.24, 2.45) is 17.3 Å². The van der Waals surface area contributed by atoms with Gasteiger partial charge in [0, 0.05) is 52.2 Å². The van der Waals surface area contributed by atoms with Crippen LogP contribution in [0.1, 0.15) is 108 Å². The van der Waals surface area contributed by atoms with Gasteiger partial charge in [0.1, 0.15) is 18.3 Å². The number of methoxy groups -OCH3 is 3. The Morgan fingerprint density at radius 3 is 2.40 bits per heavy atom. The van der Waals surface area contributed by atoms with Gasteiger partial charge in [-0.15, -0.1) is 6.58 Å². The fraction of sp³-hybridized carbons (Fsp3) is 0.755. The molecule has 0 amide bonds. The van der Waals surface area contributed by atoms with Gasteiger partial charge in [0.05, 0.1) is 86.7 Å². The number of aliphatic hydroxyl groups is 2. The maximum Gasteiger partial charge on any atom is 0.338 e. The van der Waals surface area contributed by atoms with Crippen LogP contribution in [-0.2, 0) is 52.2 Å². The molecule has 7 rings (SSSR count). The molecule has 14 heteroatoms. The molecule has 6 heterocycles. The molecule has 0 aliphatic carbocycles. The highest BCUT2D eigenvalue weighted by molar-refractivity contribution is 5.89. The van der Waals surface area contributed by atoms with Crippen molar-refractivity contribution in [1.82, 2.24) is 0 Å². The van der Waals surface area contributed by atoms with Crippen LogP contribution in [-0.4, -0.2) is 141 Å². The second-order valence-corrected chi connectivity index (χ2v) is 19.4. The van der Waals surface area contributed by atoms with Crippen LogP contribution in [0.25, 0.3) is 0 Å². The Kier molecular flexibility index (Phi) is 15.9. The Bertz CT molecular complexity index is 1710. The molecule has 352 valence electrons. The largest absolute Gasteiger partial charge is 0.469 e. The van der Waals surface area contributed by atoms with E-state index >= 15 is 0 Å². The molecule has 6 aliphatic rings. The molecule has 1 aromatic rings. The van der Waals surface area contributed by atoms with Gasteiger partial charge in [0.2, 0.25) is 0 Å². The van der Waals surface area contributed by atoms with Crippen LogP contribution in [0.2, 0.25) is 0 Å². The molecule has 14 nitrogen and oxygen atoms in total.